The van der Waals surface area contributed by atoms with E-state index in [1.165, 1.54) is 17.4 Å². The van der Waals surface area contributed by atoms with Crippen LogP contribution in [-0.2, 0) is 10.8 Å². The zero-order valence-electron chi connectivity index (χ0n) is 9.66. The van der Waals surface area contributed by atoms with E-state index in [4.69, 9.17) is 0 Å². The lowest BCUT2D eigenvalue weighted by molar-refractivity contribution is 0.102. The van der Waals surface area contributed by atoms with Crippen molar-refractivity contribution < 1.29 is 17.8 Å². The number of ketones is 1. The van der Waals surface area contributed by atoms with Gasteiger partial charge in [0.2, 0.25) is 0 Å². The number of Topliss-reactive ketones (excluding diaryl/α,β-unsaturated/α-hetero) is 1. The van der Waals surface area contributed by atoms with Gasteiger partial charge < -0.3 is 0 Å². The highest BCUT2D eigenvalue weighted by Gasteiger charge is 2.18. The maximum Gasteiger partial charge on any atom is 0.177 e. The van der Waals surface area contributed by atoms with Crippen LogP contribution in [0, 0.1) is 11.6 Å². The molecule has 0 aliphatic carbocycles. The van der Waals surface area contributed by atoms with Gasteiger partial charge in [-0.1, -0.05) is 0 Å². The predicted molar refractivity (Wildman–Crippen MR) is 81.7 cm³/mol. The molecule has 0 N–H and O–H groups in total. The van der Waals surface area contributed by atoms with Crippen molar-refractivity contribution in [3.8, 4) is 0 Å². The molecule has 0 radical (unpaired) electrons. The summed E-state index contributed by atoms with van der Waals surface area (Å²) in [4.78, 5) is 12.1. The fourth-order valence-corrected chi connectivity index (χ4v) is 5.30. The van der Waals surface area contributed by atoms with Gasteiger partial charge >= 0.3 is 0 Å². The minimum atomic E-state index is -1.72. The Hall–Kier alpha value is -0.440. The molecule has 20 heavy (non-hydrogen) atoms. The number of carbonyl (C=O) groups excluding carboxylic acids is 1. The molecule has 1 aromatic carbocycles. The summed E-state index contributed by atoms with van der Waals surface area (Å²) in [6, 6.07) is 4.57. The Balaban J connectivity index is 2.17. The van der Waals surface area contributed by atoms with Crippen LogP contribution >= 0.6 is 43.2 Å². The Morgan fingerprint density at radius 1 is 1.20 bits per heavy atom. The third-order valence-electron chi connectivity index (χ3n) is 2.37. The minimum absolute atomic E-state index is 0.0858. The van der Waals surface area contributed by atoms with Crippen molar-refractivity contribution in [3.63, 3.8) is 0 Å². The second kappa shape index (κ2) is 6.55. The Morgan fingerprint density at radius 3 is 2.45 bits per heavy atom. The van der Waals surface area contributed by atoms with E-state index in [0.717, 1.165) is 15.9 Å². The van der Waals surface area contributed by atoms with Crippen LogP contribution in [0.3, 0.4) is 0 Å². The molecule has 0 amide bonds. The molecule has 1 heterocycles. The van der Waals surface area contributed by atoms with Crippen LogP contribution < -0.4 is 0 Å². The Kier molecular flexibility index (Phi) is 5.22. The molecule has 8 heteroatoms. The van der Waals surface area contributed by atoms with Crippen LogP contribution in [0.1, 0.15) is 10.4 Å². The molecule has 0 aliphatic heterocycles. The van der Waals surface area contributed by atoms with E-state index >= 15 is 0 Å². The molecule has 2 nitrogen and oxygen atoms in total. The van der Waals surface area contributed by atoms with E-state index in [1.807, 2.05) is 0 Å². The van der Waals surface area contributed by atoms with Crippen LogP contribution in [0.25, 0.3) is 0 Å². The zero-order valence-corrected chi connectivity index (χ0v) is 14.5. The average molecular weight is 444 g/mol. The normalized spacial score (nSPS) is 12.4. The molecule has 0 bridgehead atoms. The van der Waals surface area contributed by atoms with Crippen molar-refractivity contribution in [1.82, 2.24) is 0 Å². The van der Waals surface area contributed by atoms with Gasteiger partial charge in [-0.3, -0.25) is 9.00 Å². The predicted octanol–water partition coefficient (Wildman–Crippen LogP) is 4.54. The highest BCUT2D eigenvalue weighted by molar-refractivity contribution is 9.12. The molecule has 0 saturated heterocycles. The monoisotopic (exact) mass is 442 g/mol. The molecule has 2 rings (SSSR count). The molecule has 0 fully saturated rings. The molecule has 0 spiro atoms. The summed E-state index contributed by atoms with van der Waals surface area (Å²) in [5.74, 6) is -2.71. The third kappa shape index (κ3) is 3.60. The summed E-state index contributed by atoms with van der Waals surface area (Å²) in [6.45, 7) is 0. The molecular weight excluding hydrogens is 438 g/mol. The first-order valence-electron chi connectivity index (χ1n) is 5.20. The first kappa shape index (κ1) is 15.9. The highest BCUT2D eigenvalue weighted by Crippen LogP contribution is 2.32. The van der Waals surface area contributed by atoms with Gasteiger partial charge in [0.15, 0.2) is 17.4 Å². The first-order chi connectivity index (χ1) is 9.38. The fourth-order valence-electron chi connectivity index (χ4n) is 1.43. The van der Waals surface area contributed by atoms with E-state index in [2.05, 4.69) is 31.9 Å². The number of thiophene rings is 1. The van der Waals surface area contributed by atoms with Gasteiger partial charge in [-0.05, 0) is 56.1 Å². The molecule has 1 unspecified atom stereocenters. The number of benzene rings is 1. The number of hydrogen-bond acceptors (Lipinski definition) is 3. The van der Waals surface area contributed by atoms with Crippen molar-refractivity contribution in [2.75, 3.05) is 5.75 Å². The highest BCUT2D eigenvalue weighted by atomic mass is 79.9. The van der Waals surface area contributed by atoms with Gasteiger partial charge in [0.05, 0.1) is 24.1 Å². The molecule has 0 aliphatic rings. The standard InChI is InChI=1S/C12H6Br2F2O2S2/c13-11-4-7(12(14)19-11)10(17)5-20(18)6-1-2-8(15)9(16)3-6/h1-4H,5H2. The van der Waals surface area contributed by atoms with Crippen molar-refractivity contribution in [2.24, 2.45) is 0 Å². The lowest BCUT2D eigenvalue weighted by Crippen LogP contribution is -2.11. The van der Waals surface area contributed by atoms with Crippen molar-refractivity contribution in [2.45, 2.75) is 4.90 Å². The van der Waals surface area contributed by atoms with Crippen molar-refractivity contribution in [3.05, 3.63) is 49.0 Å². The summed E-state index contributed by atoms with van der Waals surface area (Å²) in [6.07, 6.45) is 0. The van der Waals surface area contributed by atoms with Crippen LogP contribution in [0.2, 0.25) is 0 Å². The molecule has 1 atom stereocenters. The number of hydrogen-bond donors (Lipinski definition) is 0. The largest absolute Gasteiger partial charge is 0.293 e. The van der Waals surface area contributed by atoms with Gasteiger partial charge in [0.1, 0.15) is 0 Å². The first-order valence-corrected chi connectivity index (χ1v) is 8.92. The third-order valence-corrected chi connectivity index (χ3v) is 6.02. The molecule has 106 valence electrons. The van der Waals surface area contributed by atoms with Gasteiger partial charge in [-0.2, -0.15) is 0 Å². The molecular formula is C12H6Br2F2O2S2. The van der Waals surface area contributed by atoms with Gasteiger partial charge in [-0.25, -0.2) is 8.78 Å². The zero-order chi connectivity index (χ0) is 14.9. The van der Waals surface area contributed by atoms with Crippen LogP contribution in [0.4, 0.5) is 8.78 Å². The Labute approximate surface area is 136 Å². The smallest absolute Gasteiger partial charge is 0.177 e. The van der Waals surface area contributed by atoms with Crippen LogP contribution in [0.15, 0.2) is 36.7 Å². The summed E-state index contributed by atoms with van der Waals surface area (Å²) < 4.78 is 39.2. The van der Waals surface area contributed by atoms with Gasteiger partial charge in [0, 0.05) is 10.5 Å². The van der Waals surface area contributed by atoms with E-state index in [9.17, 15) is 17.8 Å². The van der Waals surface area contributed by atoms with Crippen LogP contribution in [-0.4, -0.2) is 15.7 Å². The van der Waals surface area contributed by atoms with E-state index < -0.39 is 22.4 Å². The number of halogens is 4. The average Bonchev–Trinajstić information content (AvgIpc) is 2.71. The quantitative estimate of drug-likeness (QED) is 0.650. The van der Waals surface area contributed by atoms with Gasteiger partial charge in [0.25, 0.3) is 0 Å². The SMILES string of the molecule is O=C(CS(=O)c1ccc(F)c(F)c1)c1cc(Br)sc1Br. The number of carbonyl (C=O) groups is 1. The topological polar surface area (TPSA) is 34.1 Å². The lowest BCUT2D eigenvalue weighted by atomic mass is 10.2. The molecule has 2 aromatic rings. The van der Waals surface area contributed by atoms with Crippen molar-refractivity contribution >= 4 is 59.8 Å². The minimum Gasteiger partial charge on any atom is -0.293 e. The van der Waals surface area contributed by atoms with E-state index in [1.54, 1.807) is 6.07 Å². The summed E-state index contributed by atoms with van der Waals surface area (Å²) in [7, 11) is -1.72. The Bertz CT molecular complexity index is 701. The number of rotatable bonds is 4. The maximum atomic E-state index is 13.1. The summed E-state index contributed by atoms with van der Waals surface area (Å²) >= 11 is 7.82. The van der Waals surface area contributed by atoms with E-state index in [-0.39, 0.29) is 16.4 Å². The summed E-state index contributed by atoms with van der Waals surface area (Å²) in [5, 5.41) is 0. The van der Waals surface area contributed by atoms with Crippen LogP contribution in [0.5, 0.6) is 0 Å². The van der Waals surface area contributed by atoms with Gasteiger partial charge in [-0.15, -0.1) is 11.3 Å². The van der Waals surface area contributed by atoms with Crippen molar-refractivity contribution in [1.29, 1.82) is 0 Å². The maximum absolute atomic E-state index is 13.1. The fraction of sp³-hybridized carbons (Fsp3) is 0.0833. The van der Waals surface area contributed by atoms with E-state index in [0.29, 0.717) is 9.35 Å². The molecule has 0 saturated carbocycles. The molecule has 1 aromatic heterocycles. The summed E-state index contributed by atoms with van der Waals surface area (Å²) in [5.41, 5.74) is 0.415. The lowest BCUT2D eigenvalue weighted by Gasteiger charge is -2.02. The second-order valence-corrected chi connectivity index (χ2v) is 8.93. The second-order valence-electron chi connectivity index (χ2n) is 3.73. The Morgan fingerprint density at radius 2 is 1.90 bits per heavy atom.